The summed E-state index contributed by atoms with van der Waals surface area (Å²) < 4.78 is 45.6. The van der Waals surface area contributed by atoms with E-state index in [9.17, 15) is 18.0 Å². The maximum absolute atomic E-state index is 14.2. The first-order valence-electron chi connectivity index (χ1n) is 14.4. The molecule has 41 heavy (non-hydrogen) atoms. The Kier molecular flexibility index (Phi) is 5.94. The predicted octanol–water partition coefficient (Wildman–Crippen LogP) is 5.60. The summed E-state index contributed by atoms with van der Waals surface area (Å²) in [5.74, 6) is 1.39. The molecule has 2 saturated carbocycles. The summed E-state index contributed by atoms with van der Waals surface area (Å²) in [6, 6.07) is 8.92. The van der Waals surface area contributed by atoms with E-state index in [0.717, 1.165) is 60.6 Å². The van der Waals surface area contributed by atoms with Crippen LogP contribution < -0.4 is 5.56 Å². The number of likely N-dealkylation sites (tertiary alicyclic amines) is 1. The molecule has 0 radical (unpaired) electrons. The molecule has 3 aliphatic rings. The summed E-state index contributed by atoms with van der Waals surface area (Å²) in [7, 11) is 1.94. The zero-order chi connectivity index (χ0) is 28.6. The molecule has 0 unspecified atom stereocenters. The number of rotatable bonds is 5. The molecule has 1 aliphatic heterocycles. The van der Waals surface area contributed by atoms with Crippen LogP contribution in [0.4, 0.5) is 13.2 Å². The molecule has 4 heterocycles. The smallest absolute Gasteiger partial charge is 0.320 e. The van der Waals surface area contributed by atoms with Crippen LogP contribution in [0.2, 0.25) is 0 Å². The first kappa shape index (κ1) is 26.4. The van der Waals surface area contributed by atoms with Gasteiger partial charge < -0.3 is 4.57 Å². The van der Waals surface area contributed by atoms with Gasteiger partial charge in [-0.2, -0.15) is 13.2 Å². The van der Waals surface area contributed by atoms with E-state index in [1.54, 1.807) is 6.33 Å². The lowest BCUT2D eigenvalue weighted by molar-refractivity contribution is -0.136. The Morgan fingerprint density at radius 1 is 1.15 bits per heavy atom. The highest BCUT2D eigenvalue weighted by Crippen LogP contribution is 2.70. The van der Waals surface area contributed by atoms with Crippen molar-refractivity contribution < 1.29 is 13.2 Å². The highest BCUT2D eigenvalue weighted by atomic mass is 19.4. The second-order valence-electron chi connectivity index (χ2n) is 12.7. The van der Waals surface area contributed by atoms with E-state index in [0.29, 0.717) is 29.0 Å². The Morgan fingerprint density at radius 3 is 2.63 bits per heavy atom. The number of aryl methyl sites for hydroxylation is 1. The van der Waals surface area contributed by atoms with Crippen LogP contribution in [0.5, 0.6) is 0 Å². The van der Waals surface area contributed by atoms with E-state index in [1.165, 1.54) is 25.2 Å². The lowest BCUT2D eigenvalue weighted by atomic mass is 9.55. The maximum atomic E-state index is 14.2. The van der Waals surface area contributed by atoms with Gasteiger partial charge in [0.05, 0.1) is 16.5 Å². The lowest BCUT2D eigenvalue weighted by Gasteiger charge is -2.48. The van der Waals surface area contributed by atoms with Crippen LogP contribution in [0, 0.1) is 11.3 Å². The number of hydrogen-bond donors (Lipinski definition) is 0. The molecule has 1 atom stereocenters. The second kappa shape index (κ2) is 9.24. The molecule has 1 spiro atoms. The number of alkyl halides is 3. The van der Waals surface area contributed by atoms with E-state index in [1.807, 2.05) is 29.8 Å². The fourth-order valence-corrected chi connectivity index (χ4v) is 7.37. The SMILES string of the molecule is C[C@H]1CCCN(Cc2cc(C(F)(F)F)c3ncc(-c4cccc(C5(c6nncn6C)CC6(CC6)C5)c4)c(=O)n3c2)C1. The summed E-state index contributed by atoms with van der Waals surface area (Å²) in [5.41, 5.74) is 0.698. The minimum atomic E-state index is -4.64. The minimum absolute atomic E-state index is 0.273. The molecule has 3 aromatic heterocycles. The topological polar surface area (TPSA) is 68.3 Å². The van der Waals surface area contributed by atoms with Crippen molar-refractivity contribution in [3.8, 4) is 11.1 Å². The van der Waals surface area contributed by atoms with Gasteiger partial charge in [0.1, 0.15) is 12.2 Å². The van der Waals surface area contributed by atoms with Crippen LogP contribution in [-0.4, -0.2) is 42.1 Å². The van der Waals surface area contributed by atoms with Gasteiger partial charge in [-0.25, -0.2) is 4.98 Å². The van der Waals surface area contributed by atoms with E-state index in [4.69, 9.17) is 0 Å². The number of fused-ring (bicyclic) bond motifs is 1. The highest BCUT2D eigenvalue weighted by Gasteiger charge is 2.63. The number of aromatic nitrogens is 5. The predicted molar refractivity (Wildman–Crippen MR) is 148 cm³/mol. The Hall–Kier alpha value is -3.53. The van der Waals surface area contributed by atoms with Gasteiger partial charge in [-0.1, -0.05) is 25.1 Å². The average Bonchev–Trinajstić information content (AvgIpc) is 3.59. The Morgan fingerprint density at radius 2 is 1.95 bits per heavy atom. The van der Waals surface area contributed by atoms with Gasteiger partial charge in [-0.3, -0.25) is 14.1 Å². The molecule has 214 valence electrons. The third kappa shape index (κ3) is 4.47. The van der Waals surface area contributed by atoms with Crippen molar-refractivity contribution in [2.75, 3.05) is 13.1 Å². The molecular weight excluding hydrogens is 529 g/mol. The third-order valence-electron chi connectivity index (χ3n) is 9.49. The van der Waals surface area contributed by atoms with Crippen molar-refractivity contribution in [3.63, 3.8) is 0 Å². The average molecular weight is 563 g/mol. The third-order valence-corrected chi connectivity index (χ3v) is 9.49. The summed E-state index contributed by atoms with van der Waals surface area (Å²) >= 11 is 0. The standard InChI is InChI=1S/C31H33F3N6O/c1-20-5-4-10-39(14-20)15-21-11-25(31(32,33)34)26-35-13-24(27(41)40(26)16-21)22-6-3-7-23(12-22)30(17-29(18-30)8-9-29)28-37-36-19-38(28)2/h3,6-7,11-13,16,19-20H,4-5,8-10,14-15,17-18H2,1-2H3/t20-/m0/s1. The fraction of sp³-hybridized carbons (Fsp3) is 0.484. The lowest BCUT2D eigenvalue weighted by Crippen LogP contribution is -2.45. The Balaban J connectivity index is 1.32. The second-order valence-corrected chi connectivity index (χ2v) is 12.7. The summed E-state index contributed by atoms with van der Waals surface area (Å²) in [6.07, 6.45) is 6.39. The van der Waals surface area contributed by atoms with E-state index in [-0.39, 0.29) is 16.6 Å². The van der Waals surface area contributed by atoms with Gasteiger partial charge in [0.15, 0.2) is 5.65 Å². The van der Waals surface area contributed by atoms with Gasteiger partial charge in [0, 0.05) is 32.5 Å². The van der Waals surface area contributed by atoms with Gasteiger partial charge in [0.2, 0.25) is 0 Å². The molecule has 3 fully saturated rings. The molecule has 0 bridgehead atoms. The largest absolute Gasteiger partial charge is 0.419 e. The molecule has 10 heteroatoms. The Bertz CT molecular complexity index is 1690. The van der Waals surface area contributed by atoms with Crippen molar-refractivity contribution in [1.82, 2.24) is 29.0 Å². The van der Waals surface area contributed by atoms with E-state index in [2.05, 4.69) is 33.1 Å². The van der Waals surface area contributed by atoms with Crippen molar-refractivity contribution >= 4 is 5.65 Å². The van der Waals surface area contributed by atoms with Crippen LogP contribution in [-0.2, 0) is 25.2 Å². The van der Waals surface area contributed by atoms with Crippen LogP contribution >= 0.6 is 0 Å². The van der Waals surface area contributed by atoms with Gasteiger partial charge in [0.25, 0.3) is 5.56 Å². The first-order chi connectivity index (χ1) is 19.6. The van der Waals surface area contributed by atoms with Crippen LogP contribution in [0.3, 0.4) is 0 Å². The molecule has 2 aliphatic carbocycles. The van der Waals surface area contributed by atoms with Gasteiger partial charge in [-0.05, 0) is 85.2 Å². The minimum Gasteiger partial charge on any atom is -0.320 e. The van der Waals surface area contributed by atoms with Crippen molar-refractivity contribution in [1.29, 1.82) is 0 Å². The molecular formula is C31H33F3N6O. The monoisotopic (exact) mass is 562 g/mol. The van der Waals surface area contributed by atoms with Gasteiger partial charge >= 0.3 is 6.18 Å². The number of benzene rings is 1. The maximum Gasteiger partial charge on any atom is 0.419 e. The quantitative estimate of drug-likeness (QED) is 0.317. The number of pyridine rings is 1. The number of piperidine rings is 1. The first-order valence-corrected chi connectivity index (χ1v) is 14.4. The zero-order valence-electron chi connectivity index (χ0n) is 23.3. The molecule has 0 amide bonds. The number of halogens is 3. The molecule has 7 nitrogen and oxygen atoms in total. The molecule has 0 N–H and O–H groups in total. The molecule has 7 rings (SSSR count). The summed E-state index contributed by atoms with van der Waals surface area (Å²) in [6.45, 7) is 4.18. The molecule has 1 aromatic carbocycles. The summed E-state index contributed by atoms with van der Waals surface area (Å²) in [4.78, 5) is 20.2. The Labute approximate surface area is 236 Å². The van der Waals surface area contributed by atoms with Crippen molar-refractivity contribution in [3.05, 3.63) is 81.9 Å². The number of hydrogen-bond acceptors (Lipinski definition) is 5. The van der Waals surface area contributed by atoms with Crippen LogP contribution in [0.25, 0.3) is 16.8 Å². The van der Waals surface area contributed by atoms with E-state index >= 15 is 0 Å². The molecule has 4 aromatic rings. The van der Waals surface area contributed by atoms with Crippen molar-refractivity contribution in [2.45, 2.75) is 63.6 Å². The zero-order valence-corrected chi connectivity index (χ0v) is 23.3. The normalized spacial score (nSPS) is 21.7. The molecule has 1 saturated heterocycles. The summed E-state index contributed by atoms with van der Waals surface area (Å²) in [5, 5.41) is 8.59. The van der Waals surface area contributed by atoms with E-state index < -0.39 is 17.3 Å². The highest BCUT2D eigenvalue weighted by molar-refractivity contribution is 5.66. The van der Waals surface area contributed by atoms with Gasteiger partial charge in [-0.15, -0.1) is 10.2 Å². The van der Waals surface area contributed by atoms with Crippen molar-refractivity contribution in [2.24, 2.45) is 18.4 Å². The van der Waals surface area contributed by atoms with Crippen LogP contribution in [0.15, 0.2) is 53.8 Å². The fourth-order valence-electron chi connectivity index (χ4n) is 7.37. The van der Waals surface area contributed by atoms with Crippen LogP contribution in [0.1, 0.15) is 68.0 Å². The number of nitrogens with zero attached hydrogens (tertiary/aromatic N) is 6.